The highest BCUT2D eigenvalue weighted by Crippen LogP contribution is 2.22. The predicted molar refractivity (Wildman–Crippen MR) is 59.2 cm³/mol. The molecule has 0 aliphatic carbocycles. The Balaban J connectivity index is 2.64. The van der Waals surface area contributed by atoms with Crippen LogP contribution in [0.3, 0.4) is 0 Å². The summed E-state index contributed by atoms with van der Waals surface area (Å²) in [7, 11) is 0. The van der Waals surface area contributed by atoms with Crippen LogP contribution in [0.4, 0.5) is 0 Å². The molecule has 1 aromatic rings. The van der Waals surface area contributed by atoms with Gasteiger partial charge in [0, 0.05) is 10.5 Å². The Morgan fingerprint density at radius 2 is 2.46 bits per heavy atom. The van der Waals surface area contributed by atoms with Crippen LogP contribution >= 0.6 is 27.3 Å². The van der Waals surface area contributed by atoms with E-state index in [9.17, 15) is 4.79 Å². The van der Waals surface area contributed by atoms with E-state index in [0.29, 0.717) is 0 Å². The summed E-state index contributed by atoms with van der Waals surface area (Å²) >= 11 is 4.78. The fraction of sp³-hybridized carbons (Fsp3) is 0.444. The zero-order valence-electron chi connectivity index (χ0n) is 7.63. The van der Waals surface area contributed by atoms with E-state index in [1.165, 1.54) is 11.3 Å². The largest absolute Gasteiger partial charge is 0.349 e. The first-order valence-corrected chi connectivity index (χ1v) is 5.86. The number of carbonyl (C=O) groups is 1. The maximum atomic E-state index is 11.6. The van der Waals surface area contributed by atoms with Crippen LogP contribution in [0.1, 0.15) is 29.9 Å². The summed E-state index contributed by atoms with van der Waals surface area (Å²) in [6.45, 7) is 4.05. The van der Waals surface area contributed by atoms with Crippen molar-refractivity contribution in [2.45, 2.75) is 26.3 Å². The third kappa shape index (κ3) is 2.81. The summed E-state index contributed by atoms with van der Waals surface area (Å²) in [4.78, 5) is 12.3. The zero-order valence-corrected chi connectivity index (χ0v) is 10.0. The van der Waals surface area contributed by atoms with Crippen molar-refractivity contribution in [3.63, 3.8) is 0 Å². The Hall–Kier alpha value is -0.350. The van der Waals surface area contributed by atoms with E-state index in [1.54, 1.807) is 0 Å². The molecular formula is C9H12BrNOS. The van der Waals surface area contributed by atoms with Crippen molar-refractivity contribution in [2.75, 3.05) is 0 Å². The number of thiophene rings is 1. The Morgan fingerprint density at radius 1 is 1.77 bits per heavy atom. The first kappa shape index (κ1) is 10.7. The van der Waals surface area contributed by atoms with Crippen LogP contribution in [-0.4, -0.2) is 11.9 Å². The summed E-state index contributed by atoms with van der Waals surface area (Å²) in [5, 5.41) is 4.81. The van der Waals surface area contributed by atoms with Crippen molar-refractivity contribution in [1.82, 2.24) is 5.32 Å². The van der Waals surface area contributed by atoms with E-state index < -0.39 is 0 Å². The molecule has 0 fully saturated rings. The third-order valence-electron chi connectivity index (χ3n) is 1.81. The first-order valence-electron chi connectivity index (χ1n) is 4.19. The second kappa shape index (κ2) is 4.77. The summed E-state index contributed by atoms with van der Waals surface area (Å²) in [6, 6.07) is 2.12. The average molecular weight is 262 g/mol. The van der Waals surface area contributed by atoms with Crippen molar-refractivity contribution < 1.29 is 4.79 Å². The van der Waals surface area contributed by atoms with Gasteiger partial charge in [-0.1, -0.05) is 6.92 Å². The van der Waals surface area contributed by atoms with Crippen LogP contribution < -0.4 is 5.32 Å². The van der Waals surface area contributed by atoms with Gasteiger partial charge >= 0.3 is 0 Å². The second-order valence-electron chi connectivity index (χ2n) is 2.88. The van der Waals surface area contributed by atoms with Crippen LogP contribution in [0.2, 0.25) is 0 Å². The Kier molecular flexibility index (Phi) is 3.93. The van der Waals surface area contributed by atoms with Gasteiger partial charge in [0.05, 0.1) is 0 Å². The van der Waals surface area contributed by atoms with Crippen LogP contribution in [0, 0.1) is 0 Å². The van der Waals surface area contributed by atoms with Gasteiger partial charge in [-0.25, -0.2) is 0 Å². The number of nitrogens with one attached hydrogen (secondary N) is 1. The highest BCUT2D eigenvalue weighted by atomic mass is 79.9. The minimum absolute atomic E-state index is 0.0104. The first-order chi connectivity index (χ1) is 6.15. The van der Waals surface area contributed by atoms with Crippen molar-refractivity contribution >= 4 is 33.2 Å². The molecule has 1 heterocycles. The summed E-state index contributed by atoms with van der Waals surface area (Å²) in [5.41, 5.74) is 0. The zero-order chi connectivity index (χ0) is 9.84. The molecule has 0 saturated carbocycles. The van der Waals surface area contributed by atoms with Gasteiger partial charge in [-0.15, -0.1) is 11.3 Å². The number of amides is 1. The molecule has 2 nitrogen and oxygen atoms in total. The third-order valence-corrected chi connectivity index (χ3v) is 3.65. The molecule has 0 aliphatic heterocycles. The Bertz CT molecular complexity index is 298. The maximum Gasteiger partial charge on any atom is 0.262 e. The fourth-order valence-electron chi connectivity index (χ4n) is 0.847. The van der Waals surface area contributed by atoms with Crippen molar-refractivity contribution in [3.05, 3.63) is 20.8 Å². The van der Waals surface area contributed by atoms with Gasteiger partial charge in [-0.3, -0.25) is 4.79 Å². The fourth-order valence-corrected chi connectivity index (χ4v) is 2.30. The molecule has 0 radical (unpaired) electrons. The molecule has 1 aromatic heterocycles. The molecule has 1 unspecified atom stereocenters. The second-order valence-corrected chi connectivity index (χ2v) is 4.65. The molecule has 1 atom stereocenters. The van der Waals surface area contributed by atoms with E-state index in [-0.39, 0.29) is 11.9 Å². The molecule has 0 saturated heterocycles. The Labute approximate surface area is 90.5 Å². The summed E-state index contributed by atoms with van der Waals surface area (Å²) in [5.74, 6) is 0.0104. The summed E-state index contributed by atoms with van der Waals surface area (Å²) in [6.07, 6.45) is 0.953. The number of carbonyl (C=O) groups excluding carboxylic acids is 1. The number of halogens is 1. The van der Waals surface area contributed by atoms with Crippen LogP contribution in [-0.2, 0) is 0 Å². The van der Waals surface area contributed by atoms with Crippen LogP contribution in [0.15, 0.2) is 15.9 Å². The topological polar surface area (TPSA) is 29.1 Å². The monoisotopic (exact) mass is 261 g/mol. The van der Waals surface area contributed by atoms with Crippen LogP contribution in [0.5, 0.6) is 0 Å². The van der Waals surface area contributed by atoms with E-state index in [4.69, 9.17) is 0 Å². The molecule has 0 bridgehead atoms. The lowest BCUT2D eigenvalue weighted by Gasteiger charge is -2.10. The van der Waals surface area contributed by atoms with Gasteiger partial charge in [-0.05, 0) is 40.7 Å². The molecule has 1 amide bonds. The van der Waals surface area contributed by atoms with Crippen molar-refractivity contribution in [2.24, 2.45) is 0 Å². The quantitative estimate of drug-likeness (QED) is 0.891. The van der Waals surface area contributed by atoms with Crippen molar-refractivity contribution in [1.29, 1.82) is 0 Å². The minimum atomic E-state index is 0.0104. The lowest BCUT2D eigenvalue weighted by Crippen LogP contribution is -2.31. The molecule has 1 N–H and O–H groups in total. The van der Waals surface area contributed by atoms with E-state index in [2.05, 4.69) is 28.2 Å². The minimum Gasteiger partial charge on any atom is -0.349 e. The average Bonchev–Trinajstić information content (AvgIpc) is 2.51. The van der Waals surface area contributed by atoms with Gasteiger partial charge in [0.2, 0.25) is 0 Å². The molecule has 0 aliphatic rings. The molecule has 72 valence electrons. The molecule has 4 heteroatoms. The molecule has 0 spiro atoms. The van der Waals surface area contributed by atoms with E-state index in [1.807, 2.05) is 18.4 Å². The number of hydrogen-bond acceptors (Lipinski definition) is 2. The van der Waals surface area contributed by atoms with E-state index >= 15 is 0 Å². The van der Waals surface area contributed by atoms with Gasteiger partial charge in [-0.2, -0.15) is 0 Å². The SMILES string of the molecule is CCC(C)NC(=O)c1sccc1Br. The highest BCUT2D eigenvalue weighted by Gasteiger charge is 2.12. The van der Waals surface area contributed by atoms with Gasteiger partial charge in [0.15, 0.2) is 0 Å². The van der Waals surface area contributed by atoms with Gasteiger partial charge < -0.3 is 5.32 Å². The molecule has 13 heavy (non-hydrogen) atoms. The number of hydrogen-bond donors (Lipinski definition) is 1. The number of rotatable bonds is 3. The smallest absolute Gasteiger partial charge is 0.262 e. The maximum absolute atomic E-state index is 11.6. The van der Waals surface area contributed by atoms with Gasteiger partial charge in [0.1, 0.15) is 4.88 Å². The lowest BCUT2D eigenvalue weighted by molar-refractivity contribution is 0.0942. The standard InChI is InChI=1S/C9H12BrNOS/c1-3-6(2)11-9(12)8-7(10)4-5-13-8/h4-6H,3H2,1-2H3,(H,11,12). The Morgan fingerprint density at radius 3 is 2.92 bits per heavy atom. The molecule has 1 rings (SSSR count). The predicted octanol–water partition coefficient (Wildman–Crippen LogP) is 3.04. The van der Waals surface area contributed by atoms with Crippen molar-refractivity contribution in [3.8, 4) is 0 Å². The van der Waals surface area contributed by atoms with E-state index in [0.717, 1.165) is 15.8 Å². The highest BCUT2D eigenvalue weighted by molar-refractivity contribution is 9.10. The molecular weight excluding hydrogens is 250 g/mol. The molecule has 0 aromatic carbocycles. The normalized spacial score (nSPS) is 12.5. The lowest BCUT2D eigenvalue weighted by atomic mass is 10.2. The summed E-state index contributed by atoms with van der Waals surface area (Å²) < 4.78 is 0.873. The van der Waals surface area contributed by atoms with Gasteiger partial charge in [0.25, 0.3) is 5.91 Å². The van der Waals surface area contributed by atoms with Crippen LogP contribution in [0.25, 0.3) is 0 Å².